The lowest BCUT2D eigenvalue weighted by molar-refractivity contribution is 0.0600. The number of thioether (sulfide) groups is 1. The molecule has 3 rings (SSSR count). The molecule has 116 valence electrons. The third-order valence-electron chi connectivity index (χ3n) is 3.19. The van der Waals surface area contributed by atoms with Crippen LogP contribution in [0.15, 0.2) is 29.4 Å². The fraction of sp³-hybridized carbons (Fsp3) is 0.429. The number of rotatable bonds is 7. The summed E-state index contributed by atoms with van der Waals surface area (Å²) in [7, 11) is 1.36. The Morgan fingerprint density at radius 1 is 1.45 bits per heavy atom. The van der Waals surface area contributed by atoms with Crippen LogP contribution in [0, 0.1) is 0 Å². The third-order valence-corrected chi connectivity index (χ3v) is 4.09. The number of carbonyl (C=O) groups excluding carboxylic acids is 1. The van der Waals surface area contributed by atoms with E-state index in [0.717, 1.165) is 23.8 Å². The van der Waals surface area contributed by atoms with Crippen LogP contribution in [0.1, 0.15) is 29.2 Å². The second kappa shape index (κ2) is 6.78. The molecule has 1 fully saturated rings. The lowest BCUT2D eigenvalue weighted by Crippen LogP contribution is -2.05. The SMILES string of the molecule is COC(=O)c1cccc(OCCSc2nnnn2C2CC2)c1. The van der Waals surface area contributed by atoms with Crippen molar-refractivity contribution in [2.45, 2.75) is 24.0 Å². The minimum atomic E-state index is -0.372. The van der Waals surface area contributed by atoms with Crippen molar-refractivity contribution in [2.24, 2.45) is 0 Å². The normalized spacial score (nSPS) is 13.9. The molecule has 7 nitrogen and oxygen atoms in total. The van der Waals surface area contributed by atoms with Crippen molar-refractivity contribution in [3.8, 4) is 5.75 Å². The molecule has 0 N–H and O–H groups in total. The third kappa shape index (κ3) is 3.56. The van der Waals surface area contributed by atoms with Gasteiger partial charge in [0.1, 0.15) is 5.75 Å². The Balaban J connectivity index is 1.48. The first-order valence-corrected chi connectivity index (χ1v) is 7.98. The van der Waals surface area contributed by atoms with Gasteiger partial charge in [0.15, 0.2) is 0 Å². The van der Waals surface area contributed by atoms with Gasteiger partial charge in [0, 0.05) is 5.75 Å². The summed E-state index contributed by atoms with van der Waals surface area (Å²) in [5, 5.41) is 12.6. The minimum absolute atomic E-state index is 0.372. The molecule has 22 heavy (non-hydrogen) atoms. The van der Waals surface area contributed by atoms with Crippen LogP contribution in [0.4, 0.5) is 0 Å². The number of methoxy groups -OCH3 is 1. The molecular formula is C14H16N4O3S. The van der Waals surface area contributed by atoms with E-state index in [1.807, 2.05) is 10.7 Å². The monoisotopic (exact) mass is 320 g/mol. The maximum absolute atomic E-state index is 11.5. The number of tetrazole rings is 1. The van der Waals surface area contributed by atoms with Crippen LogP contribution in [-0.2, 0) is 4.74 Å². The number of benzene rings is 1. The molecule has 1 aromatic carbocycles. The zero-order valence-corrected chi connectivity index (χ0v) is 13.0. The first-order chi connectivity index (χ1) is 10.8. The number of esters is 1. The molecular weight excluding hydrogens is 304 g/mol. The quantitative estimate of drug-likeness (QED) is 0.438. The standard InChI is InChI=1S/C14H16N4O3S/c1-20-13(19)10-3-2-4-12(9-10)21-7-8-22-14-15-16-17-18(14)11-5-6-11/h2-4,9,11H,5-8H2,1H3. The first-order valence-electron chi connectivity index (χ1n) is 7.00. The molecule has 0 unspecified atom stereocenters. The van der Waals surface area contributed by atoms with Gasteiger partial charge >= 0.3 is 5.97 Å². The van der Waals surface area contributed by atoms with Crippen LogP contribution in [0.25, 0.3) is 0 Å². The zero-order chi connectivity index (χ0) is 15.4. The Hall–Kier alpha value is -2.09. The van der Waals surface area contributed by atoms with Gasteiger partial charge in [0.05, 0.1) is 25.3 Å². The first kappa shape index (κ1) is 14.8. The summed E-state index contributed by atoms with van der Waals surface area (Å²) < 4.78 is 12.2. The maximum Gasteiger partial charge on any atom is 0.337 e. The van der Waals surface area contributed by atoms with Crippen LogP contribution in [0.3, 0.4) is 0 Å². The lowest BCUT2D eigenvalue weighted by Gasteiger charge is -2.07. The fourth-order valence-corrected chi connectivity index (χ4v) is 2.71. The Morgan fingerprint density at radius 3 is 3.09 bits per heavy atom. The summed E-state index contributed by atoms with van der Waals surface area (Å²) in [4.78, 5) is 11.5. The molecule has 0 amide bonds. The van der Waals surface area contributed by atoms with E-state index in [9.17, 15) is 4.79 Å². The molecule has 1 heterocycles. The molecule has 0 radical (unpaired) electrons. The van der Waals surface area contributed by atoms with Crippen molar-refractivity contribution >= 4 is 17.7 Å². The minimum Gasteiger partial charge on any atom is -0.493 e. The van der Waals surface area contributed by atoms with E-state index in [1.54, 1.807) is 30.0 Å². The van der Waals surface area contributed by atoms with Crippen molar-refractivity contribution in [3.63, 3.8) is 0 Å². The van der Waals surface area contributed by atoms with E-state index in [2.05, 4.69) is 20.3 Å². The average molecular weight is 320 g/mol. The second-order valence-electron chi connectivity index (χ2n) is 4.85. The zero-order valence-electron chi connectivity index (χ0n) is 12.1. The predicted octanol–water partition coefficient (Wildman–Crippen LogP) is 1.97. The highest BCUT2D eigenvalue weighted by atomic mass is 32.2. The van der Waals surface area contributed by atoms with Crippen LogP contribution >= 0.6 is 11.8 Å². The van der Waals surface area contributed by atoms with Crippen LogP contribution in [0.5, 0.6) is 5.75 Å². The number of hydrogen-bond donors (Lipinski definition) is 0. The highest BCUT2D eigenvalue weighted by Crippen LogP contribution is 2.36. The van der Waals surface area contributed by atoms with Gasteiger partial charge in [0.25, 0.3) is 0 Å². The summed E-state index contributed by atoms with van der Waals surface area (Å²) in [5.74, 6) is 1.00. The molecule has 2 aromatic rings. The van der Waals surface area contributed by atoms with Crippen molar-refractivity contribution < 1.29 is 14.3 Å². The highest BCUT2D eigenvalue weighted by molar-refractivity contribution is 7.99. The van der Waals surface area contributed by atoms with Crippen LogP contribution < -0.4 is 4.74 Å². The maximum atomic E-state index is 11.5. The van der Waals surface area contributed by atoms with Crippen molar-refractivity contribution in [3.05, 3.63) is 29.8 Å². The topological polar surface area (TPSA) is 79.1 Å². The molecule has 8 heteroatoms. The molecule has 1 aromatic heterocycles. The Labute approximate surface area is 132 Å². The van der Waals surface area contributed by atoms with Gasteiger partial charge in [0.2, 0.25) is 5.16 Å². The number of aromatic nitrogens is 4. The van der Waals surface area contributed by atoms with Crippen molar-refractivity contribution in [1.82, 2.24) is 20.2 Å². The van der Waals surface area contributed by atoms with E-state index >= 15 is 0 Å². The van der Waals surface area contributed by atoms with E-state index < -0.39 is 0 Å². The Kier molecular flexibility index (Phi) is 4.57. The smallest absolute Gasteiger partial charge is 0.337 e. The summed E-state index contributed by atoms with van der Waals surface area (Å²) in [6, 6.07) is 7.41. The molecule has 1 aliphatic carbocycles. The Bertz CT molecular complexity index is 657. The van der Waals surface area contributed by atoms with Gasteiger partial charge < -0.3 is 9.47 Å². The fourth-order valence-electron chi connectivity index (χ4n) is 1.95. The van der Waals surface area contributed by atoms with Crippen molar-refractivity contribution in [2.75, 3.05) is 19.5 Å². The molecule has 0 bridgehead atoms. The number of ether oxygens (including phenoxy) is 2. The van der Waals surface area contributed by atoms with E-state index in [4.69, 9.17) is 4.74 Å². The van der Waals surface area contributed by atoms with Gasteiger partial charge in [-0.05, 0) is 41.5 Å². The number of carbonyl (C=O) groups is 1. The molecule has 0 aliphatic heterocycles. The molecule has 1 saturated carbocycles. The molecule has 0 atom stereocenters. The van der Waals surface area contributed by atoms with E-state index in [1.165, 1.54) is 7.11 Å². The summed E-state index contributed by atoms with van der Waals surface area (Å²) in [6.45, 7) is 0.507. The molecule has 0 saturated heterocycles. The molecule has 0 spiro atoms. The number of hydrogen-bond acceptors (Lipinski definition) is 7. The predicted molar refractivity (Wildman–Crippen MR) is 80.1 cm³/mol. The summed E-state index contributed by atoms with van der Waals surface area (Å²) >= 11 is 1.57. The van der Waals surface area contributed by atoms with Crippen LogP contribution in [-0.4, -0.2) is 45.6 Å². The van der Waals surface area contributed by atoms with E-state index in [0.29, 0.717) is 24.0 Å². The lowest BCUT2D eigenvalue weighted by atomic mass is 10.2. The van der Waals surface area contributed by atoms with E-state index in [-0.39, 0.29) is 5.97 Å². The van der Waals surface area contributed by atoms with Crippen molar-refractivity contribution in [1.29, 1.82) is 0 Å². The van der Waals surface area contributed by atoms with Crippen LogP contribution in [0.2, 0.25) is 0 Å². The van der Waals surface area contributed by atoms with Gasteiger partial charge in [-0.1, -0.05) is 17.8 Å². The number of nitrogens with zero attached hydrogens (tertiary/aromatic N) is 4. The van der Waals surface area contributed by atoms with Gasteiger partial charge in [-0.15, -0.1) is 5.10 Å². The summed E-state index contributed by atoms with van der Waals surface area (Å²) in [5.41, 5.74) is 0.477. The average Bonchev–Trinajstić information content (AvgIpc) is 3.30. The van der Waals surface area contributed by atoms with Gasteiger partial charge in [-0.25, -0.2) is 9.48 Å². The summed E-state index contributed by atoms with van der Waals surface area (Å²) in [6.07, 6.45) is 2.30. The Morgan fingerprint density at radius 2 is 2.32 bits per heavy atom. The largest absolute Gasteiger partial charge is 0.493 e. The highest BCUT2D eigenvalue weighted by Gasteiger charge is 2.27. The van der Waals surface area contributed by atoms with Gasteiger partial charge in [-0.2, -0.15) is 0 Å². The molecule has 1 aliphatic rings. The van der Waals surface area contributed by atoms with Gasteiger partial charge in [-0.3, -0.25) is 0 Å². The second-order valence-corrected chi connectivity index (χ2v) is 5.92.